The maximum Gasteiger partial charge on any atom is 0.260 e. The van der Waals surface area contributed by atoms with E-state index in [0.717, 1.165) is 42.5 Å². The number of carbonyl (C=O) groups is 1. The van der Waals surface area contributed by atoms with Gasteiger partial charge in [0, 0.05) is 30.5 Å². The summed E-state index contributed by atoms with van der Waals surface area (Å²) in [6.45, 7) is 4.55. The van der Waals surface area contributed by atoms with Gasteiger partial charge in [0.1, 0.15) is 12.1 Å². The summed E-state index contributed by atoms with van der Waals surface area (Å²) in [6, 6.07) is 5.82. The van der Waals surface area contributed by atoms with Crippen LogP contribution in [0, 0.1) is 0 Å². The predicted octanol–water partition coefficient (Wildman–Crippen LogP) is 1.33. The molecule has 2 aliphatic rings. The molecule has 7 nitrogen and oxygen atoms in total. The summed E-state index contributed by atoms with van der Waals surface area (Å²) in [6.07, 6.45) is 3.82. The van der Waals surface area contributed by atoms with Gasteiger partial charge in [-0.15, -0.1) is 0 Å². The summed E-state index contributed by atoms with van der Waals surface area (Å²) in [5.41, 5.74) is 1.98. The fourth-order valence-electron chi connectivity index (χ4n) is 3.62. The summed E-state index contributed by atoms with van der Waals surface area (Å²) >= 11 is 0. The van der Waals surface area contributed by atoms with E-state index >= 15 is 0 Å². The van der Waals surface area contributed by atoms with Crippen LogP contribution >= 0.6 is 0 Å². The molecular weight excluding hydrogens is 332 g/mol. The standard InChI is InChI=1S/C19H24N4O3/c24-18(23-7-9-25-10-8-23)12-26-15-1-2-16-17(11-15)21-13-22-19(16)14-3-5-20-6-4-14/h1-2,11,13-14,20H,3-10,12H2. The number of hydrogen-bond acceptors (Lipinski definition) is 6. The van der Waals surface area contributed by atoms with Gasteiger partial charge in [-0.2, -0.15) is 0 Å². The van der Waals surface area contributed by atoms with E-state index in [1.807, 2.05) is 18.2 Å². The maximum atomic E-state index is 12.2. The van der Waals surface area contributed by atoms with Crippen LogP contribution in [0.5, 0.6) is 5.75 Å². The quantitative estimate of drug-likeness (QED) is 0.891. The average Bonchev–Trinajstić information content (AvgIpc) is 2.72. The largest absolute Gasteiger partial charge is 0.484 e. The molecule has 26 heavy (non-hydrogen) atoms. The Hall–Kier alpha value is -2.25. The fraction of sp³-hybridized carbons (Fsp3) is 0.526. The molecule has 0 atom stereocenters. The molecule has 2 aromatic rings. The second-order valence-corrected chi connectivity index (χ2v) is 6.74. The lowest BCUT2D eigenvalue weighted by molar-refractivity contribution is -0.137. The van der Waals surface area contributed by atoms with Crippen molar-refractivity contribution in [2.75, 3.05) is 46.0 Å². The molecule has 7 heteroatoms. The fourth-order valence-corrected chi connectivity index (χ4v) is 3.62. The monoisotopic (exact) mass is 356 g/mol. The van der Waals surface area contributed by atoms with Crippen molar-refractivity contribution in [1.82, 2.24) is 20.2 Å². The topological polar surface area (TPSA) is 76.6 Å². The van der Waals surface area contributed by atoms with Crippen LogP contribution in [0.1, 0.15) is 24.5 Å². The molecule has 2 fully saturated rings. The van der Waals surface area contributed by atoms with Crippen molar-refractivity contribution < 1.29 is 14.3 Å². The van der Waals surface area contributed by atoms with Crippen LogP contribution in [-0.4, -0.2) is 66.8 Å². The molecule has 0 bridgehead atoms. The smallest absolute Gasteiger partial charge is 0.260 e. The number of fused-ring (bicyclic) bond motifs is 1. The molecule has 1 aromatic carbocycles. The van der Waals surface area contributed by atoms with E-state index in [0.29, 0.717) is 38.0 Å². The minimum absolute atomic E-state index is 0.00789. The molecular formula is C19H24N4O3. The molecule has 0 spiro atoms. The van der Waals surface area contributed by atoms with Crippen molar-refractivity contribution in [2.24, 2.45) is 0 Å². The van der Waals surface area contributed by atoms with Gasteiger partial charge in [-0.1, -0.05) is 0 Å². The number of morpholine rings is 1. The molecule has 2 aliphatic heterocycles. The molecule has 0 radical (unpaired) electrons. The van der Waals surface area contributed by atoms with Gasteiger partial charge in [0.05, 0.1) is 24.4 Å². The third-order valence-corrected chi connectivity index (χ3v) is 5.09. The second kappa shape index (κ2) is 7.97. The Morgan fingerprint density at radius 2 is 2.04 bits per heavy atom. The van der Waals surface area contributed by atoms with E-state index < -0.39 is 0 Å². The zero-order chi connectivity index (χ0) is 17.8. The van der Waals surface area contributed by atoms with Crippen LogP contribution in [0.25, 0.3) is 10.9 Å². The van der Waals surface area contributed by atoms with Crippen LogP contribution in [0.4, 0.5) is 0 Å². The first-order valence-electron chi connectivity index (χ1n) is 9.25. The number of hydrogen-bond donors (Lipinski definition) is 1. The Morgan fingerprint density at radius 1 is 1.23 bits per heavy atom. The lowest BCUT2D eigenvalue weighted by Crippen LogP contribution is -2.42. The van der Waals surface area contributed by atoms with Crippen LogP contribution in [0.2, 0.25) is 0 Å². The molecule has 0 unspecified atom stereocenters. The highest BCUT2D eigenvalue weighted by atomic mass is 16.5. The lowest BCUT2D eigenvalue weighted by atomic mass is 9.92. The summed E-state index contributed by atoms with van der Waals surface area (Å²) in [5.74, 6) is 1.12. The first kappa shape index (κ1) is 17.2. The number of amides is 1. The van der Waals surface area contributed by atoms with Gasteiger partial charge in [-0.25, -0.2) is 9.97 Å². The van der Waals surface area contributed by atoms with Crippen molar-refractivity contribution in [3.8, 4) is 5.75 Å². The molecule has 4 rings (SSSR count). The first-order chi connectivity index (χ1) is 12.8. The SMILES string of the molecule is O=C(COc1ccc2c(C3CCNCC3)ncnc2c1)N1CCOCC1. The van der Waals surface area contributed by atoms with Crippen molar-refractivity contribution in [3.05, 3.63) is 30.2 Å². The number of piperidine rings is 1. The predicted molar refractivity (Wildman–Crippen MR) is 97.3 cm³/mol. The molecule has 1 aromatic heterocycles. The molecule has 138 valence electrons. The number of rotatable bonds is 4. The molecule has 0 aliphatic carbocycles. The minimum Gasteiger partial charge on any atom is -0.484 e. The van der Waals surface area contributed by atoms with Gasteiger partial charge < -0.3 is 19.7 Å². The van der Waals surface area contributed by atoms with Gasteiger partial charge in [-0.3, -0.25) is 4.79 Å². The third kappa shape index (κ3) is 3.78. The van der Waals surface area contributed by atoms with Crippen LogP contribution in [-0.2, 0) is 9.53 Å². The average molecular weight is 356 g/mol. The number of carbonyl (C=O) groups excluding carboxylic acids is 1. The third-order valence-electron chi connectivity index (χ3n) is 5.09. The normalized spacial score (nSPS) is 18.8. The van der Waals surface area contributed by atoms with Crippen molar-refractivity contribution >= 4 is 16.8 Å². The van der Waals surface area contributed by atoms with E-state index in [4.69, 9.17) is 9.47 Å². The summed E-state index contributed by atoms with van der Waals surface area (Å²) in [7, 11) is 0. The summed E-state index contributed by atoms with van der Waals surface area (Å²) in [5, 5.41) is 4.46. The van der Waals surface area contributed by atoms with Crippen LogP contribution in [0.3, 0.4) is 0 Å². The molecule has 0 saturated carbocycles. The Morgan fingerprint density at radius 3 is 2.85 bits per heavy atom. The van der Waals surface area contributed by atoms with Gasteiger partial charge in [0.2, 0.25) is 0 Å². The highest BCUT2D eigenvalue weighted by molar-refractivity contribution is 5.83. The summed E-state index contributed by atoms with van der Waals surface area (Å²) < 4.78 is 11.0. The minimum atomic E-state index is -0.00789. The van der Waals surface area contributed by atoms with Gasteiger partial charge in [0.15, 0.2) is 6.61 Å². The number of nitrogens with zero attached hydrogens (tertiary/aromatic N) is 3. The first-order valence-corrected chi connectivity index (χ1v) is 9.25. The number of nitrogens with one attached hydrogen (secondary N) is 1. The van der Waals surface area contributed by atoms with Crippen molar-refractivity contribution in [3.63, 3.8) is 0 Å². The number of ether oxygens (including phenoxy) is 2. The Labute approximate surface area is 152 Å². The highest BCUT2D eigenvalue weighted by Crippen LogP contribution is 2.30. The number of benzene rings is 1. The van der Waals surface area contributed by atoms with Gasteiger partial charge >= 0.3 is 0 Å². The lowest BCUT2D eigenvalue weighted by Gasteiger charge is -2.26. The van der Waals surface area contributed by atoms with Gasteiger partial charge in [0.25, 0.3) is 5.91 Å². The zero-order valence-corrected chi connectivity index (χ0v) is 14.8. The molecule has 1 amide bonds. The van der Waals surface area contributed by atoms with E-state index in [1.165, 1.54) is 0 Å². The van der Waals surface area contributed by atoms with E-state index in [-0.39, 0.29) is 12.5 Å². The van der Waals surface area contributed by atoms with Crippen LogP contribution < -0.4 is 10.1 Å². The number of aromatic nitrogens is 2. The van der Waals surface area contributed by atoms with Crippen LogP contribution in [0.15, 0.2) is 24.5 Å². The molecule has 2 saturated heterocycles. The summed E-state index contributed by atoms with van der Waals surface area (Å²) in [4.78, 5) is 22.9. The van der Waals surface area contributed by atoms with Crippen molar-refractivity contribution in [1.29, 1.82) is 0 Å². The highest BCUT2D eigenvalue weighted by Gasteiger charge is 2.20. The van der Waals surface area contributed by atoms with E-state index in [1.54, 1.807) is 11.2 Å². The second-order valence-electron chi connectivity index (χ2n) is 6.74. The Bertz CT molecular complexity index is 770. The van der Waals surface area contributed by atoms with E-state index in [2.05, 4.69) is 15.3 Å². The maximum absolute atomic E-state index is 12.2. The Kier molecular flexibility index (Phi) is 5.26. The zero-order valence-electron chi connectivity index (χ0n) is 14.8. The Balaban J connectivity index is 1.46. The van der Waals surface area contributed by atoms with Gasteiger partial charge in [-0.05, 0) is 38.1 Å². The van der Waals surface area contributed by atoms with Crippen molar-refractivity contribution in [2.45, 2.75) is 18.8 Å². The van der Waals surface area contributed by atoms with E-state index in [9.17, 15) is 4.79 Å². The molecule has 1 N–H and O–H groups in total. The molecule has 3 heterocycles.